The molecule has 202 valence electrons. The summed E-state index contributed by atoms with van der Waals surface area (Å²) >= 11 is 0.931. The van der Waals surface area contributed by atoms with Crippen molar-refractivity contribution in [3.05, 3.63) is 47.3 Å². The first-order valence-corrected chi connectivity index (χ1v) is 13.8. The Hall–Kier alpha value is -3.41. The van der Waals surface area contributed by atoms with Gasteiger partial charge in [-0.25, -0.2) is 26.6 Å². The maximum absolute atomic E-state index is 14.1. The van der Waals surface area contributed by atoms with Gasteiger partial charge in [-0.15, -0.1) is 0 Å². The van der Waals surface area contributed by atoms with Gasteiger partial charge in [-0.2, -0.15) is 5.26 Å². The normalized spacial score (nSPS) is 15.8. The number of nitrogen functional groups attached to an aromatic ring is 1. The molecule has 4 N–H and O–H groups in total. The number of nitrogens with zero attached hydrogens (tertiary/aromatic N) is 3. The molecule has 1 fully saturated rings. The number of anilines is 2. The molecule has 9 nitrogen and oxygen atoms in total. The Morgan fingerprint density at radius 3 is 2.63 bits per heavy atom. The summed E-state index contributed by atoms with van der Waals surface area (Å²) in [5.74, 6) is -4.21. The molecule has 0 atom stereocenters. The zero-order chi connectivity index (χ0) is 27.9. The van der Waals surface area contributed by atoms with Crippen LogP contribution in [0.2, 0.25) is 0 Å². The second-order valence-electron chi connectivity index (χ2n) is 9.37. The van der Waals surface area contributed by atoms with Gasteiger partial charge in [0.15, 0.2) is 5.13 Å². The molecular weight excluding hydrogens is 543 g/mol. The van der Waals surface area contributed by atoms with Gasteiger partial charge >= 0.3 is 0 Å². The average Bonchev–Trinajstić information content (AvgIpc) is 3.21. The number of fused-ring (bicyclic) bond motifs is 1. The molecule has 38 heavy (non-hydrogen) atoms. The molecular formula is C24H24F3N5O4S2. The predicted molar refractivity (Wildman–Crippen MR) is 136 cm³/mol. The summed E-state index contributed by atoms with van der Waals surface area (Å²) in [5.41, 5.74) is 4.22. The quantitative estimate of drug-likeness (QED) is 0.389. The van der Waals surface area contributed by atoms with Crippen molar-refractivity contribution in [3.63, 3.8) is 0 Å². The monoisotopic (exact) mass is 567 g/mol. The number of nitrogens with two attached hydrogens (primary N) is 1. The second-order valence-corrected chi connectivity index (χ2v) is 12.1. The van der Waals surface area contributed by atoms with Crippen molar-refractivity contribution >= 4 is 48.3 Å². The van der Waals surface area contributed by atoms with Gasteiger partial charge in [0.2, 0.25) is 5.92 Å². The largest absolute Gasteiger partial charge is 0.390 e. The van der Waals surface area contributed by atoms with Crippen LogP contribution in [0.1, 0.15) is 48.5 Å². The molecule has 2 heterocycles. The van der Waals surface area contributed by atoms with E-state index in [0.717, 1.165) is 30.4 Å². The van der Waals surface area contributed by atoms with Crippen LogP contribution < -0.4 is 10.5 Å². The molecule has 1 amide bonds. The number of nitrogens with one attached hydrogen (secondary N) is 1. The number of hydrogen-bond acceptors (Lipinski definition) is 8. The van der Waals surface area contributed by atoms with Gasteiger partial charge in [-0.05, 0) is 56.5 Å². The highest BCUT2D eigenvalue weighted by molar-refractivity contribution is 7.93. The molecule has 0 bridgehead atoms. The van der Waals surface area contributed by atoms with E-state index in [1.165, 1.54) is 23.1 Å². The first-order chi connectivity index (χ1) is 17.7. The third-order valence-corrected chi connectivity index (χ3v) is 8.59. The van der Waals surface area contributed by atoms with Crippen molar-refractivity contribution in [3.8, 4) is 6.07 Å². The van der Waals surface area contributed by atoms with E-state index in [0.29, 0.717) is 0 Å². The van der Waals surface area contributed by atoms with Gasteiger partial charge in [0, 0.05) is 19.5 Å². The number of sulfonamides is 1. The fourth-order valence-corrected chi connectivity index (χ4v) is 6.36. The van der Waals surface area contributed by atoms with Crippen molar-refractivity contribution in [2.45, 2.75) is 49.0 Å². The molecule has 1 saturated heterocycles. The lowest BCUT2D eigenvalue weighted by Crippen LogP contribution is -2.47. The molecule has 1 aromatic heterocycles. The van der Waals surface area contributed by atoms with E-state index >= 15 is 0 Å². The maximum atomic E-state index is 14.1. The standard InChI is InChI=1S/C24H24F3N5O4S2/c1-23(26,27)4-5-24(34)6-8-32(9-7-24)21(33)17-3-2-16(10-14(17)13-28)31-38(35,36)19-12-15(25)11-18-20(19)30-22(29)37-18/h2-3,10-12,31,34H,4-9H2,1H3,(H2,29,30). The number of carbonyl (C=O) groups is 1. The Kier molecular flexibility index (Phi) is 7.30. The zero-order valence-corrected chi connectivity index (χ0v) is 21.8. The minimum Gasteiger partial charge on any atom is -0.390 e. The third kappa shape index (κ3) is 6.01. The number of amides is 1. The summed E-state index contributed by atoms with van der Waals surface area (Å²) in [4.78, 5) is 18.0. The first-order valence-electron chi connectivity index (χ1n) is 11.5. The molecule has 1 aliphatic heterocycles. The molecule has 0 radical (unpaired) electrons. The van der Waals surface area contributed by atoms with Crippen LogP contribution >= 0.6 is 11.3 Å². The highest BCUT2D eigenvalue weighted by Crippen LogP contribution is 2.33. The molecule has 0 unspecified atom stereocenters. The number of halogens is 3. The van der Waals surface area contributed by atoms with Gasteiger partial charge in [-0.3, -0.25) is 9.52 Å². The number of thiazole rings is 1. The molecule has 3 aromatic rings. The molecule has 2 aromatic carbocycles. The highest BCUT2D eigenvalue weighted by atomic mass is 32.2. The van der Waals surface area contributed by atoms with Crippen molar-refractivity contribution in [1.29, 1.82) is 5.26 Å². The number of hydrogen-bond donors (Lipinski definition) is 3. The molecule has 1 aliphatic rings. The van der Waals surface area contributed by atoms with Crippen LogP contribution in [0, 0.1) is 17.1 Å². The predicted octanol–water partition coefficient (Wildman–Crippen LogP) is 4.09. The van der Waals surface area contributed by atoms with Crippen LogP contribution in [-0.2, 0) is 10.0 Å². The van der Waals surface area contributed by atoms with Crippen LogP contribution in [0.25, 0.3) is 10.2 Å². The number of likely N-dealkylation sites (tertiary alicyclic amines) is 1. The average molecular weight is 568 g/mol. The van der Waals surface area contributed by atoms with E-state index in [4.69, 9.17) is 5.73 Å². The topological polar surface area (TPSA) is 149 Å². The lowest BCUT2D eigenvalue weighted by atomic mass is 9.86. The van der Waals surface area contributed by atoms with Crippen LogP contribution in [0.5, 0.6) is 0 Å². The number of rotatable bonds is 7. The van der Waals surface area contributed by atoms with Crippen LogP contribution in [-0.4, -0.2) is 53.9 Å². The minimum absolute atomic E-state index is 0.00131. The Morgan fingerprint density at radius 1 is 1.32 bits per heavy atom. The third-order valence-electron chi connectivity index (χ3n) is 6.36. The van der Waals surface area contributed by atoms with E-state index in [1.54, 1.807) is 0 Å². The maximum Gasteiger partial charge on any atom is 0.264 e. The molecule has 0 saturated carbocycles. The van der Waals surface area contributed by atoms with Gasteiger partial charge < -0.3 is 15.7 Å². The number of aromatic nitrogens is 1. The first kappa shape index (κ1) is 27.6. The molecule has 4 rings (SSSR count). The smallest absolute Gasteiger partial charge is 0.264 e. The summed E-state index contributed by atoms with van der Waals surface area (Å²) in [6.45, 7) is 1.00. The number of benzene rings is 2. The summed E-state index contributed by atoms with van der Waals surface area (Å²) in [5, 5.41) is 20.3. The molecule has 0 spiro atoms. The number of aliphatic hydroxyl groups is 1. The Bertz CT molecular complexity index is 1540. The number of carbonyl (C=O) groups excluding carboxylic acids is 1. The highest BCUT2D eigenvalue weighted by Gasteiger charge is 2.37. The van der Waals surface area contributed by atoms with Gasteiger partial charge in [-0.1, -0.05) is 11.3 Å². The van der Waals surface area contributed by atoms with Crippen LogP contribution in [0.4, 0.5) is 24.0 Å². The van der Waals surface area contributed by atoms with Crippen molar-refractivity contribution in [2.75, 3.05) is 23.5 Å². The van der Waals surface area contributed by atoms with Gasteiger partial charge in [0.25, 0.3) is 15.9 Å². The van der Waals surface area contributed by atoms with Gasteiger partial charge in [0.1, 0.15) is 22.3 Å². The second kappa shape index (κ2) is 10.0. The molecule has 0 aliphatic carbocycles. The number of piperidine rings is 1. The van der Waals surface area contributed by atoms with E-state index in [2.05, 4.69) is 9.71 Å². The minimum atomic E-state index is -4.34. The van der Waals surface area contributed by atoms with Crippen molar-refractivity contribution in [2.24, 2.45) is 0 Å². The zero-order valence-electron chi connectivity index (χ0n) is 20.2. The number of nitriles is 1. The summed E-state index contributed by atoms with van der Waals surface area (Å²) in [6, 6.07) is 7.57. The summed E-state index contributed by atoms with van der Waals surface area (Å²) in [6.07, 6.45) is -0.345. The summed E-state index contributed by atoms with van der Waals surface area (Å²) < 4.78 is 69.1. The Balaban J connectivity index is 1.51. The Morgan fingerprint density at radius 2 is 2.00 bits per heavy atom. The lowest BCUT2D eigenvalue weighted by Gasteiger charge is -2.38. The van der Waals surface area contributed by atoms with Crippen LogP contribution in [0.3, 0.4) is 0 Å². The van der Waals surface area contributed by atoms with E-state index < -0.39 is 44.6 Å². The van der Waals surface area contributed by atoms with Gasteiger partial charge in [0.05, 0.1) is 27.1 Å². The fourth-order valence-electron chi connectivity index (χ4n) is 4.28. The number of alkyl halides is 2. The molecule has 14 heteroatoms. The van der Waals surface area contributed by atoms with E-state index in [1.807, 2.05) is 6.07 Å². The Labute approximate surface area is 220 Å². The SMILES string of the molecule is CC(F)(F)CCC1(O)CCN(C(=O)c2ccc(NS(=O)(=O)c3cc(F)cc4sc(N)nc34)cc2C#N)CC1. The lowest BCUT2D eigenvalue weighted by molar-refractivity contribution is -0.0570. The van der Waals surface area contributed by atoms with Crippen LogP contribution in [0.15, 0.2) is 35.2 Å². The summed E-state index contributed by atoms with van der Waals surface area (Å²) in [7, 11) is -4.34. The van der Waals surface area contributed by atoms with E-state index in [9.17, 15) is 36.8 Å². The van der Waals surface area contributed by atoms with Crippen molar-refractivity contribution < 1.29 is 31.5 Å². The van der Waals surface area contributed by atoms with E-state index in [-0.39, 0.29) is 64.5 Å². The van der Waals surface area contributed by atoms with Crippen molar-refractivity contribution in [1.82, 2.24) is 9.88 Å². The fraction of sp³-hybridized carbons (Fsp3) is 0.375.